The second kappa shape index (κ2) is 14.7. The fourth-order valence-electron chi connectivity index (χ4n) is 3.84. The van der Waals surface area contributed by atoms with Crippen LogP contribution in [0.15, 0.2) is 78.9 Å². The molecule has 3 aromatic carbocycles. The molecule has 3 aromatic rings. The van der Waals surface area contributed by atoms with Crippen LogP contribution in [0.4, 0.5) is 5.69 Å². The van der Waals surface area contributed by atoms with Crippen LogP contribution in [-0.2, 0) is 9.53 Å². The SMILES string of the molecule is CCOC(=O)CCCOc1ccccc1C(=O)Nc1ccc(OC(CCC(C)C)c2ccccc2)cc1. The monoisotopic (exact) mass is 503 g/mol. The van der Waals surface area contributed by atoms with Crippen molar-refractivity contribution in [2.24, 2.45) is 5.92 Å². The quantitative estimate of drug-likeness (QED) is 0.186. The molecule has 1 unspecified atom stereocenters. The topological polar surface area (TPSA) is 73.9 Å². The molecule has 37 heavy (non-hydrogen) atoms. The predicted molar refractivity (Wildman–Crippen MR) is 146 cm³/mol. The molecule has 0 saturated heterocycles. The fourth-order valence-corrected chi connectivity index (χ4v) is 3.84. The molecule has 0 bridgehead atoms. The summed E-state index contributed by atoms with van der Waals surface area (Å²) in [6.45, 7) is 6.88. The van der Waals surface area contributed by atoms with Crippen molar-refractivity contribution in [2.75, 3.05) is 18.5 Å². The van der Waals surface area contributed by atoms with Crippen molar-refractivity contribution in [3.63, 3.8) is 0 Å². The van der Waals surface area contributed by atoms with Crippen LogP contribution in [0.1, 0.15) is 68.5 Å². The third-order valence-corrected chi connectivity index (χ3v) is 5.79. The maximum atomic E-state index is 13.0. The van der Waals surface area contributed by atoms with Crippen molar-refractivity contribution in [1.82, 2.24) is 0 Å². The van der Waals surface area contributed by atoms with E-state index in [1.165, 1.54) is 0 Å². The zero-order valence-electron chi connectivity index (χ0n) is 21.9. The Morgan fingerprint density at radius 3 is 2.27 bits per heavy atom. The minimum Gasteiger partial charge on any atom is -0.493 e. The molecular formula is C31H37NO5. The molecule has 0 aliphatic heterocycles. The van der Waals surface area contributed by atoms with Crippen LogP contribution in [0.25, 0.3) is 0 Å². The van der Waals surface area contributed by atoms with Crippen molar-refractivity contribution in [3.8, 4) is 11.5 Å². The van der Waals surface area contributed by atoms with Gasteiger partial charge < -0.3 is 19.5 Å². The summed E-state index contributed by atoms with van der Waals surface area (Å²) in [5, 5.41) is 2.93. The van der Waals surface area contributed by atoms with E-state index in [1.54, 1.807) is 25.1 Å². The second-order valence-corrected chi connectivity index (χ2v) is 9.22. The highest BCUT2D eigenvalue weighted by Crippen LogP contribution is 2.28. The lowest BCUT2D eigenvalue weighted by Crippen LogP contribution is -2.14. The van der Waals surface area contributed by atoms with E-state index < -0.39 is 0 Å². The van der Waals surface area contributed by atoms with Crippen molar-refractivity contribution in [3.05, 3.63) is 90.0 Å². The third-order valence-electron chi connectivity index (χ3n) is 5.79. The standard InChI is InChI=1S/C31H37NO5/c1-4-35-30(33)15-10-22-36-29-14-9-8-13-27(29)31(34)32-25-17-19-26(20-18-25)37-28(21-16-23(2)3)24-11-6-5-7-12-24/h5-9,11-14,17-20,23,28H,4,10,15-16,21-22H2,1-3H3,(H,32,34). The molecule has 0 saturated carbocycles. The van der Waals surface area contributed by atoms with E-state index in [0.717, 1.165) is 24.2 Å². The molecule has 196 valence electrons. The van der Waals surface area contributed by atoms with E-state index in [1.807, 2.05) is 48.5 Å². The van der Waals surface area contributed by atoms with Gasteiger partial charge in [0, 0.05) is 12.1 Å². The van der Waals surface area contributed by atoms with Gasteiger partial charge in [0.2, 0.25) is 0 Å². The summed E-state index contributed by atoms with van der Waals surface area (Å²) < 4.78 is 17.0. The molecular weight excluding hydrogens is 466 g/mol. The number of nitrogens with one attached hydrogen (secondary N) is 1. The molecule has 1 atom stereocenters. The molecule has 0 heterocycles. The van der Waals surface area contributed by atoms with Crippen molar-refractivity contribution < 1.29 is 23.8 Å². The van der Waals surface area contributed by atoms with Crippen molar-refractivity contribution in [2.45, 2.75) is 52.6 Å². The molecule has 0 fully saturated rings. The molecule has 0 aliphatic carbocycles. The van der Waals surface area contributed by atoms with Crippen LogP contribution in [-0.4, -0.2) is 25.1 Å². The number of hydrogen-bond acceptors (Lipinski definition) is 5. The van der Waals surface area contributed by atoms with Gasteiger partial charge in [0.25, 0.3) is 5.91 Å². The molecule has 1 amide bonds. The van der Waals surface area contributed by atoms with Crippen LogP contribution in [0.5, 0.6) is 11.5 Å². The maximum Gasteiger partial charge on any atom is 0.305 e. The van der Waals surface area contributed by atoms with Crippen molar-refractivity contribution in [1.29, 1.82) is 0 Å². The maximum absolute atomic E-state index is 13.0. The summed E-state index contributed by atoms with van der Waals surface area (Å²) in [6, 6.07) is 24.7. The molecule has 0 spiro atoms. The molecule has 1 N–H and O–H groups in total. The Morgan fingerprint density at radius 2 is 1.57 bits per heavy atom. The van der Waals surface area contributed by atoms with Gasteiger partial charge in [-0.15, -0.1) is 0 Å². The summed E-state index contributed by atoms with van der Waals surface area (Å²) in [4.78, 5) is 24.5. The highest BCUT2D eigenvalue weighted by molar-refractivity contribution is 6.06. The fraction of sp³-hybridized carbons (Fsp3) is 0.355. The Balaban J connectivity index is 1.59. The number of rotatable bonds is 14. The summed E-state index contributed by atoms with van der Waals surface area (Å²) in [5.74, 6) is 1.30. The Morgan fingerprint density at radius 1 is 0.865 bits per heavy atom. The van der Waals surface area contributed by atoms with Crippen LogP contribution in [0, 0.1) is 5.92 Å². The molecule has 3 rings (SSSR count). The van der Waals surface area contributed by atoms with Gasteiger partial charge in [-0.1, -0.05) is 56.3 Å². The smallest absolute Gasteiger partial charge is 0.305 e. The Kier molecular flexibility index (Phi) is 11.0. The number of para-hydroxylation sites is 1. The van der Waals surface area contributed by atoms with E-state index in [9.17, 15) is 9.59 Å². The molecule has 6 heteroatoms. The van der Waals surface area contributed by atoms with E-state index in [-0.39, 0.29) is 24.4 Å². The number of carbonyl (C=O) groups is 2. The highest BCUT2D eigenvalue weighted by Gasteiger charge is 2.16. The van der Waals surface area contributed by atoms with Gasteiger partial charge in [0.15, 0.2) is 0 Å². The summed E-state index contributed by atoms with van der Waals surface area (Å²) in [5.41, 5.74) is 2.24. The van der Waals surface area contributed by atoms with Gasteiger partial charge in [-0.25, -0.2) is 0 Å². The molecule has 0 aromatic heterocycles. The van der Waals surface area contributed by atoms with Gasteiger partial charge >= 0.3 is 5.97 Å². The number of anilines is 1. The normalized spacial score (nSPS) is 11.6. The van der Waals surface area contributed by atoms with Gasteiger partial charge in [-0.05, 0) is 74.1 Å². The number of benzene rings is 3. The van der Waals surface area contributed by atoms with E-state index in [2.05, 4.69) is 31.3 Å². The summed E-state index contributed by atoms with van der Waals surface area (Å²) in [7, 11) is 0. The van der Waals surface area contributed by atoms with Crippen molar-refractivity contribution >= 4 is 17.6 Å². The van der Waals surface area contributed by atoms with E-state index in [0.29, 0.717) is 42.6 Å². The summed E-state index contributed by atoms with van der Waals surface area (Å²) in [6.07, 6.45) is 2.75. The van der Waals surface area contributed by atoms with Gasteiger partial charge in [-0.2, -0.15) is 0 Å². The van der Waals surface area contributed by atoms with Crippen LogP contribution >= 0.6 is 0 Å². The molecule has 0 aliphatic rings. The van der Waals surface area contributed by atoms with Gasteiger partial charge in [0.05, 0.1) is 18.8 Å². The van der Waals surface area contributed by atoms with E-state index >= 15 is 0 Å². The van der Waals surface area contributed by atoms with Crippen LogP contribution < -0.4 is 14.8 Å². The molecule has 0 radical (unpaired) electrons. The Bertz CT molecular complexity index is 1110. The Labute approximate surface area is 220 Å². The summed E-state index contributed by atoms with van der Waals surface area (Å²) >= 11 is 0. The number of hydrogen-bond donors (Lipinski definition) is 1. The lowest BCUT2D eigenvalue weighted by Gasteiger charge is -2.21. The first kappa shape index (κ1) is 27.8. The number of carbonyl (C=O) groups excluding carboxylic acids is 2. The first-order valence-electron chi connectivity index (χ1n) is 13.0. The number of esters is 1. The Hall–Kier alpha value is -3.80. The average Bonchev–Trinajstić information content (AvgIpc) is 2.90. The van der Waals surface area contributed by atoms with Crippen LogP contribution in [0.2, 0.25) is 0 Å². The van der Waals surface area contributed by atoms with Gasteiger partial charge in [-0.3, -0.25) is 9.59 Å². The first-order chi connectivity index (χ1) is 18.0. The third kappa shape index (κ3) is 9.30. The van der Waals surface area contributed by atoms with Crippen LogP contribution in [0.3, 0.4) is 0 Å². The predicted octanol–water partition coefficient (Wildman–Crippen LogP) is 7.22. The largest absolute Gasteiger partial charge is 0.493 e. The van der Waals surface area contributed by atoms with E-state index in [4.69, 9.17) is 14.2 Å². The lowest BCUT2D eigenvalue weighted by atomic mass is 10.00. The van der Waals surface area contributed by atoms with Gasteiger partial charge in [0.1, 0.15) is 17.6 Å². The second-order valence-electron chi connectivity index (χ2n) is 9.22. The number of amides is 1. The molecule has 6 nitrogen and oxygen atoms in total. The average molecular weight is 504 g/mol. The highest BCUT2D eigenvalue weighted by atomic mass is 16.5. The lowest BCUT2D eigenvalue weighted by molar-refractivity contribution is -0.143. The number of ether oxygens (including phenoxy) is 3. The zero-order chi connectivity index (χ0) is 26.5. The minimum absolute atomic E-state index is 0.0307. The zero-order valence-corrected chi connectivity index (χ0v) is 21.9. The first-order valence-corrected chi connectivity index (χ1v) is 13.0. The minimum atomic E-state index is -0.270.